The van der Waals surface area contributed by atoms with E-state index in [1.165, 1.54) is 11.3 Å². The number of likely N-dealkylation sites (N-methyl/N-ethyl adjacent to an activating group) is 1. The lowest BCUT2D eigenvalue weighted by Crippen LogP contribution is -2.36. The average Bonchev–Trinajstić information content (AvgIpc) is 3.14. The zero-order valence-corrected chi connectivity index (χ0v) is 19.3. The summed E-state index contributed by atoms with van der Waals surface area (Å²) in [5.74, 6) is -0.217. The molecule has 1 amide bonds. The standard InChI is InChI=1S/C21H24ClN3O3S2/c1-24(2)13-14-25(21-23-20-17(22)10-6-11-18(20)29-21)19(26)12-7-15-30(27,28)16-8-4-3-5-9-16/h3-6,8-11H,7,12-15H2,1-2H3. The predicted molar refractivity (Wildman–Crippen MR) is 123 cm³/mol. The van der Waals surface area contributed by atoms with Crippen molar-refractivity contribution in [2.24, 2.45) is 0 Å². The minimum Gasteiger partial charge on any atom is -0.308 e. The van der Waals surface area contributed by atoms with E-state index in [-0.39, 0.29) is 29.4 Å². The summed E-state index contributed by atoms with van der Waals surface area (Å²) >= 11 is 7.65. The van der Waals surface area contributed by atoms with Crippen molar-refractivity contribution in [1.82, 2.24) is 9.88 Å². The molecule has 0 fully saturated rings. The molecular formula is C21H24ClN3O3S2. The highest BCUT2D eigenvalue weighted by Crippen LogP contribution is 2.33. The number of benzene rings is 2. The first-order valence-electron chi connectivity index (χ1n) is 9.56. The summed E-state index contributed by atoms with van der Waals surface area (Å²) < 4.78 is 25.8. The Hall–Kier alpha value is -2.00. The third-order valence-corrected chi connectivity index (χ3v) is 7.73. The minimum atomic E-state index is -3.41. The van der Waals surface area contributed by atoms with Crippen molar-refractivity contribution in [2.45, 2.75) is 17.7 Å². The van der Waals surface area contributed by atoms with Gasteiger partial charge in [-0.05, 0) is 44.8 Å². The topological polar surface area (TPSA) is 70.6 Å². The number of sulfone groups is 1. The number of rotatable bonds is 9. The van der Waals surface area contributed by atoms with Crippen LogP contribution >= 0.6 is 22.9 Å². The van der Waals surface area contributed by atoms with Crippen LogP contribution in [0.5, 0.6) is 0 Å². The second-order valence-corrected chi connectivity index (χ2v) is 10.7. The highest BCUT2D eigenvalue weighted by molar-refractivity contribution is 7.91. The van der Waals surface area contributed by atoms with E-state index in [2.05, 4.69) is 4.98 Å². The number of aromatic nitrogens is 1. The van der Waals surface area contributed by atoms with Crippen LogP contribution in [0.3, 0.4) is 0 Å². The van der Waals surface area contributed by atoms with E-state index in [1.807, 2.05) is 31.1 Å². The van der Waals surface area contributed by atoms with Gasteiger partial charge in [-0.3, -0.25) is 9.69 Å². The molecule has 0 bridgehead atoms. The summed E-state index contributed by atoms with van der Waals surface area (Å²) in [6.45, 7) is 1.13. The SMILES string of the molecule is CN(C)CCN(C(=O)CCCS(=O)(=O)c1ccccc1)c1nc2c(Cl)cccc2s1. The van der Waals surface area contributed by atoms with Crippen LogP contribution in [0.1, 0.15) is 12.8 Å². The first kappa shape index (κ1) is 22.7. The van der Waals surface area contributed by atoms with Gasteiger partial charge in [-0.25, -0.2) is 13.4 Å². The van der Waals surface area contributed by atoms with E-state index in [1.54, 1.807) is 41.3 Å². The van der Waals surface area contributed by atoms with E-state index >= 15 is 0 Å². The molecule has 9 heteroatoms. The predicted octanol–water partition coefficient (Wildman–Crippen LogP) is 4.10. The molecule has 0 aliphatic carbocycles. The normalized spacial score (nSPS) is 11.9. The van der Waals surface area contributed by atoms with Crippen LogP contribution in [0, 0.1) is 0 Å². The van der Waals surface area contributed by atoms with Gasteiger partial charge in [0.05, 0.1) is 20.4 Å². The largest absolute Gasteiger partial charge is 0.308 e. The van der Waals surface area contributed by atoms with Crippen molar-refractivity contribution < 1.29 is 13.2 Å². The van der Waals surface area contributed by atoms with Gasteiger partial charge in [-0.2, -0.15) is 0 Å². The van der Waals surface area contributed by atoms with Gasteiger partial charge in [0.25, 0.3) is 0 Å². The Labute approximate surface area is 186 Å². The number of halogens is 1. The van der Waals surface area contributed by atoms with E-state index in [4.69, 9.17) is 11.6 Å². The zero-order chi connectivity index (χ0) is 21.7. The van der Waals surface area contributed by atoms with Crippen molar-refractivity contribution in [1.29, 1.82) is 0 Å². The van der Waals surface area contributed by atoms with Crippen LogP contribution in [0.4, 0.5) is 5.13 Å². The van der Waals surface area contributed by atoms with E-state index in [0.717, 1.165) is 4.70 Å². The average molecular weight is 466 g/mol. The summed E-state index contributed by atoms with van der Waals surface area (Å²) in [4.78, 5) is 21.5. The van der Waals surface area contributed by atoms with Crippen molar-refractivity contribution in [3.8, 4) is 0 Å². The Morgan fingerprint density at radius 3 is 2.47 bits per heavy atom. The number of para-hydroxylation sites is 1. The van der Waals surface area contributed by atoms with Crippen molar-refractivity contribution in [3.63, 3.8) is 0 Å². The molecule has 160 valence electrons. The fraction of sp³-hybridized carbons (Fsp3) is 0.333. The summed E-state index contributed by atoms with van der Waals surface area (Å²) in [6, 6.07) is 13.9. The summed E-state index contributed by atoms with van der Waals surface area (Å²) in [6.07, 6.45) is 0.378. The Morgan fingerprint density at radius 1 is 1.07 bits per heavy atom. The van der Waals surface area contributed by atoms with Crippen LogP contribution < -0.4 is 4.90 Å². The molecule has 0 saturated carbocycles. The fourth-order valence-corrected chi connectivity index (χ4v) is 5.58. The maximum Gasteiger partial charge on any atom is 0.228 e. The minimum absolute atomic E-state index is 0.0735. The Kier molecular flexibility index (Phi) is 7.46. The third kappa shape index (κ3) is 5.57. The van der Waals surface area contributed by atoms with Crippen LogP contribution in [0.15, 0.2) is 53.4 Å². The van der Waals surface area contributed by atoms with Crippen LogP contribution in [-0.4, -0.2) is 57.1 Å². The first-order chi connectivity index (χ1) is 14.3. The van der Waals surface area contributed by atoms with Gasteiger partial charge in [0.1, 0.15) is 5.52 Å². The zero-order valence-electron chi connectivity index (χ0n) is 16.9. The molecule has 0 atom stereocenters. The van der Waals surface area contributed by atoms with E-state index in [9.17, 15) is 13.2 Å². The maximum atomic E-state index is 13.0. The van der Waals surface area contributed by atoms with Crippen LogP contribution in [-0.2, 0) is 14.6 Å². The Morgan fingerprint density at radius 2 is 1.80 bits per heavy atom. The number of hydrogen-bond donors (Lipinski definition) is 0. The van der Waals surface area contributed by atoms with Crippen LogP contribution in [0.2, 0.25) is 5.02 Å². The second-order valence-electron chi connectivity index (χ2n) is 7.17. The molecule has 0 N–H and O–H groups in total. The van der Waals surface area contributed by atoms with Gasteiger partial charge in [0, 0.05) is 19.5 Å². The monoisotopic (exact) mass is 465 g/mol. The molecule has 0 spiro atoms. The number of nitrogens with zero attached hydrogens (tertiary/aromatic N) is 3. The maximum absolute atomic E-state index is 13.0. The number of carbonyl (C=O) groups is 1. The quantitative estimate of drug-likeness (QED) is 0.475. The molecule has 1 aromatic heterocycles. The summed E-state index contributed by atoms with van der Waals surface area (Å²) in [5.41, 5.74) is 0.675. The van der Waals surface area contributed by atoms with Crippen molar-refractivity contribution in [2.75, 3.05) is 37.8 Å². The van der Waals surface area contributed by atoms with Gasteiger partial charge in [-0.1, -0.05) is 47.2 Å². The molecule has 1 heterocycles. The number of thiazole rings is 1. The molecule has 0 aliphatic heterocycles. The fourth-order valence-electron chi connectivity index (χ4n) is 2.94. The lowest BCUT2D eigenvalue weighted by molar-refractivity contribution is -0.118. The number of hydrogen-bond acceptors (Lipinski definition) is 6. The Bertz CT molecular complexity index is 1110. The molecule has 3 rings (SSSR count). The molecule has 0 unspecified atom stereocenters. The van der Waals surface area contributed by atoms with Crippen molar-refractivity contribution >= 4 is 54.0 Å². The van der Waals surface area contributed by atoms with Crippen molar-refractivity contribution in [3.05, 3.63) is 53.6 Å². The molecule has 0 aliphatic rings. The highest BCUT2D eigenvalue weighted by Gasteiger charge is 2.22. The molecule has 0 saturated heterocycles. The molecule has 6 nitrogen and oxygen atoms in total. The summed E-state index contributed by atoms with van der Waals surface area (Å²) in [5, 5.41) is 1.12. The van der Waals surface area contributed by atoms with Gasteiger partial charge in [0.2, 0.25) is 5.91 Å². The lowest BCUT2D eigenvalue weighted by Gasteiger charge is -2.22. The van der Waals surface area contributed by atoms with E-state index < -0.39 is 9.84 Å². The Balaban J connectivity index is 1.73. The third-order valence-electron chi connectivity index (χ3n) is 4.57. The number of fused-ring (bicyclic) bond motifs is 1. The lowest BCUT2D eigenvalue weighted by atomic mass is 10.3. The molecular weight excluding hydrogens is 442 g/mol. The molecule has 3 aromatic rings. The number of carbonyl (C=O) groups excluding carboxylic acids is 1. The number of amides is 1. The molecule has 0 radical (unpaired) electrons. The molecule has 2 aromatic carbocycles. The second kappa shape index (κ2) is 9.87. The number of anilines is 1. The van der Waals surface area contributed by atoms with Gasteiger partial charge >= 0.3 is 0 Å². The molecule has 30 heavy (non-hydrogen) atoms. The summed E-state index contributed by atoms with van der Waals surface area (Å²) in [7, 11) is 0.462. The van der Waals surface area contributed by atoms with Crippen LogP contribution in [0.25, 0.3) is 10.2 Å². The smallest absolute Gasteiger partial charge is 0.228 e. The van der Waals surface area contributed by atoms with E-state index in [0.29, 0.717) is 28.8 Å². The van der Waals surface area contributed by atoms with Gasteiger partial charge in [-0.15, -0.1) is 0 Å². The first-order valence-corrected chi connectivity index (χ1v) is 12.4. The van der Waals surface area contributed by atoms with Gasteiger partial charge in [0.15, 0.2) is 15.0 Å². The highest BCUT2D eigenvalue weighted by atomic mass is 35.5. The van der Waals surface area contributed by atoms with Gasteiger partial charge < -0.3 is 4.90 Å².